The standard InChI is InChI=1S/C11H15NO5S/c1-8(11(13)14)18(15,16)7-6-17-10-4-2-9(12)3-5-10/h2-5,8H,6-7,12H2,1H3,(H,13,14). The summed E-state index contributed by atoms with van der Waals surface area (Å²) in [4.78, 5) is 10.6. The molecule has 1 unspecified atom stereocenters. The maximum absolute atomic E-state index is 11.5. The Hall–Kier alpha value is -1.76. The number of nitrogens with two attached hydrogens (primary N) is 1. The lowest BCUT2D eigenvalue weighted by Gasteiger charge is -2.09. The van der Waals surface area contributed by atoms with Crippen LogP contribution in [0.15, 0.2) is 24.3 Å². The van der Waals surface area contributed by atoms with Crippen LogP contribution in [0.4, 0.5) is 5.69 Å². The maximum atomic E-state index is 11.5. The van der Waals surface area contributed by atoms with Crippen LogP contribution < -0.4 is 10.5 Å². The lowest BCUT2D eigenvalue weighted by atomic mass is 10.3. The summed E-state index contributed by atoms with van der Waals surface area (Å²) in [5, 5.41) is 7.21. The predicted molar refractivity (Wildman–Crippen MR) is 67.2 cm³/mol. The van der Waals surface area contributed by atoms with E-state index in [1.54, 1.807) is 24.3 Å². The van der Waals surface area contributed by atoms with Gasteiger partial charge in [0.15, 0.2) is 15.1 Å². The Labute approximate surface area is 105 Å². The number of carboxylic acid groups (broad SMARTS) is 1. The Morgan fingerprint density at radius 3 is 2.44 bits per heavy atom. The highest BCUT2D eigenvalue weighted by Gasteiger charge is 2.27. The zero-order chi connectivity index (χ0) is 13.8. The first kappa shape index (κ1) is 14.3. The average molecular weight is 273 g/mol. The fourth-order valence-electron chi connectivity index (χ4n) is 1.17. The van der Waals surface area contributed by atoms with Gasteiger partial charge in [0.05, 0.1) is 5.75 Å². The minimum atomic E-state index is -3.69. The molecule has 0 aromatic heterocycles. The Bertz CT molecular complexity index is 509. The molecule has 1 rings (SSSR count). The number of nitrogen functional groups attached to an aromatic ring is 1. The normalized spacial score (nSPS) is 12.9. The van der Waals surface area contributed by atoms with Gasteiger partial charge in [-0.05, 0) is 31.2 Å². The summed E-state index contributed by atoms with van der Waals surface area (Å²) in [5.41, 5.74) is 6.06. The van der Waals surface area contributed by atoms with Gasteiger partial charge in [-0.25, -0.2) is 8.42 Å². The zero-order valence-corrected chi connectivity index (χ0v) is 10.7. The van der Waals surface area contributed by atoms with E-state index in [-0.39, 0.29) is 12.4 Å². The molecule has 0 aliphatic carbocycles. The molecule has 0 aliphatic heterocycles. The number of benzene rings is 1. The van der Waals surface area contributed by atoms with E-state index in [9.17, 15) is 13.2 Å². The third-order valence-corrected chi connectivity index (χ3v) is 4.42. The monoisotopic (exact) mass is 273 g/mol. The molecule has 7 heteroatoms. The van der Waals surface area contributed by atoms with Gasteiger partial charge in [-0.3, -0.25) is 4.79 Å². The number of carboxylic acids is 1. The Morgan fingerprint density at radius 2 is 1.94 bits per heavy atom. The van der Waals surface area contributed by atoms with Gasteiger partial charge in [-0.15, -0.1) is 0 Å². The molecule has 0 saturated carbocycles. The topological polar surface area (TPSA) is 107 Å². The Balaban J connectivity index is 2.51. The van der Waals surface area contributed by atoms with Crippen molar-refractivity contribution in [2.45, 2.75) is 12.2 Å². The summed E-state index contributed by atoms with van der Waals surface area (Å²) < 4.78 is 28.3. The largest absolute Gasteiger partial charge is 0.493 e. The minimum absolute atomic E-state index is 0.0934. The predicted octanol–water partition coefficient (Wildman–Crippen LogP) is 0.535. The van der Waals surface area contributed by atoms with E-state index in [1.807, 2.05) is 0 Å². The Kier molecular flexibility index (Phi) is 4.55. The molecule has 0 radical (unpaired) electrons. The number of hydrogen-bond acceptors (Lipinski definition) is 5. The summed E-state index contributed by atoms with van der Waals surface area (Å²) in [6.07, 6.45) is 0. The SMILES string of the molecule is CC(C(=O)O)S(=O)(=O)CCOc1ccc(N)cc1. The van der Waals surface area contributed by atoms with Crippen LogP contribution in [0, 0.1) is 0 Å². The molecule has 0 spiro atoms. The van der Waals surface area contributed by atoms with Crippen LogP contribution in [-0.2, 0) is 14.6 Å². The third kappa shape index (κ3) is 3.92. The average Bonchev–Trinajstić information content (AvgIpc) is 2.30. The van der Waals surface area contributed by atoms with Gasteiger partial charge in [0.2, 0.25) is 0 Å². The first-order valence-corrected chi connectivity index (χ1v) is 6.97. The van der Waals surface area contributed by atoms with Gasteiger partial charge < -0.3 is 15.6 Å². The van der Waals surface area contributed by atoms with Crippen LogP contribution in [0.5, 0.6) is 5.75 Å². The number of hydrogen-bond donors (Lipinski definition) is 2. The van der Waals surface area contributed by atoms with Crippen LogP contribution in [0.1, 0.15) is 6.92 Å². The molecular formula is C11H15NO5S. The van der Waals surface area contributed by atoms with Crippen molar-refractivity contribution in [1.29, 1.82) is 0 Å². The van der Waals surface area contributed by atoms with E-state index in [1.165, 1.54) is 0 Å². The summed E-state index contributed by atoms with van der Waals surface area (Å²) in [6, 6.07) is 6.48. The number of anilines is 1. The summed E-state index contributed by atoms with van der Waals surface area (Å²) in [7, 11) is -3.69. The highest BCUT2D eigenvalue weighted by Crippen LogP contribution is 2.13. The third-order valence-electron chi connectivity index (χ3n) is 2.40. The van der Waals surface area contributed by atoms with Crippen LogP contribution in [0.25, 0.3) is 0 Å². The van der Waals surface area contributed by atoms with Gasteiger partial charge in [0.25, 0.3) is 0 Å². The molecule has 0 heterocycles. The number of sulfone groups is 1. The van der Waals surface area contributed by atoms with E-state index >= 15 is 0 Å². The van der Waals surface area contributed by atoms with Crippen LogP contribution in [0.2, 0.25) is 0 Å². The molecule has 6 nitrogen and oxygen atoms in total. The van der Waals surface area contributed by atoms with Crippen molar-refractivity contribution in [2.24, 2.45) is 0 Å². The summed E-state index contributed by atoms with van der Waals surface area (Å²) in [5.74, 6) is -1.21. The molecular weight excluding hydrogens is 258 g/mol. The van der Waals surface area contributed by atoms with Crippen LogP contribution in [-0.4, -0.2) is 37.1 Å². The zero-order valence-electron chi connectivity index (χ0n) is 9.87. The summed E-state index contributed by atoms with van der Waals surface area (Å²) >= 11 is 0. The fourth-order valence-corrected chi connectivity index (χ4v) is 2.15. The lowest BCUT2D eigenvalue weighted by molar-refractivity contribution is -0.136. The molecule has 0 bridgehead atoms. The van der Waals surface area contributed by atoms with Crippen molar-refractivity contribution in [3.8, 4) is 5.75 Å². The number of rotatable bonds is 6. The van der Waals surface area contributed by atoms with E-state index in [4.69, 9.17) is 15.6 Å². The van der Waals surface area contributed by atoms with E-state index in [0.29, 0.717) is 11.4 Å². The second-order valence-corrected chi connectivity index (χ2v) is 6.21. The van der Waals surface area contributed by atoms with Crippen LogP contribution >= 0.6 is 0 Å². The smallest absolute Gasteiger partial charge is 0.321 e. The first-order valence-electron chi connectivity index (χ1n) is 5.25. The van der Waals surface area contributed by atoms with E-state index in [2.05, 4.69) is 0 Å². The second kappa shape index (κ2) is 5.72. The maximum Gasteiger partial charge on any atom is 0.321 e. The van der Waals surface area contributed by atoms with Gasteiger partial charge >= 0.3 is 5.97 Å². The highest BCUT2D eigenvalue weighted by molar-refractivity contribution is 7.92. The molecule has 100 valence electrons. The molecule has 1 atom stereocenters. The highest BCUT2D eigenvalue weighted by atomic mass is 32.2. The molecule has 18 heavy (non-hydrogen) atoms. The number of carbonyl (C=O) groups is 1. The van der Waals surface area contributed by atoms with Crippen molar-refractivity contribution in [3.05, 3.63) is 24.3 Å². The first-order chi connectivity index (χ1) is 8.33. The molecule has 0 aliphatic rings. The number of ether oxygens (including phenoxy) is 1. The van der Waals surface area contributed by atoms with Gasteiger partial charge in [-0.1, -0.05) is 0 Å². The van der Waals surface area contributed by atoms with Crippen molar-refractivity contribution in [2.75, 3.05) is 18.1 Å². The van der Waals surface area contributed by atoms with Crippen molar-refractivity contribution < 1.29 is 23.1 Å². The van der Waals surface area contributed by atoms with Crippen LogP contribution in [0.3, 0.4) is 0 Å². The van der Waals surface area contributed by atoms with Crippen molar-refractivity contribution in [3.63, 3.8) is 0 Å². The van der Waals surface area contributed by atoms with Gasteiger partial charge in [0, 0.05) is 5.69 Å². The van der Waals surface area contributed by atoms with Gasteiger partial charge in [0.1, 0.15) is 12.4 Å². The van der Waals surface area contributed by atoms with Crippen molar-refractivity contribution in [1.82, 2.24) is 0 Å². The van der Waals surface area contributed by atoms with Crippen molar-refractivity contribution >= 4 is 21.5 Å². The second-order valence-electron chi connectivity index (χ2n) is 3.76. The fraction of sp³-hybridized carbons (Fsp3) is 0.364. The Morgan fingerprint density at radius 1 is 1.39 bits per heavy atom. The minimum Gasteiger partial charge on any atom is -0.493 e. The molecule has 1 aromatic carbocycles. The molecule has 1 aromatic rings. The number of aliphatic carboxylic acids is 1. The van der Waals surface area contributed by atoms with E-state index < -0.39 is 21.1 Å². The molecule has 0 fully saturated rings. The molecule has 0 saturated heterocycles. The molecule has 3 N–H and O–H groups in total. The quantitative estimate of drug-likeness (QED) is 0.732. The molecule has 0 amide bonds. The van der Waals surface area contributed by atoms with E-state index in [0.717, 1.165) is 6.92 Å². The van der Waals surface area contributed by atoms with Gasteiger partial charge in [-0.2, -0.15) is 0 Å². The summed E-state index contributed by atoms with van der Waals surface area (Å²) in [6.45, 7) is 1.05. The lowest BCUT2D eigenvalue weighted by Crippen LogP contribution is -2.31.